The number of amides is 1. The molecule has 1 aromatic carbocycles. The van der Waals surface area contributed by atoms with Crippen molar-refractivity contribution in [3.05, 3.63) is 48.3 Å². The second-order valence-corrected chi connectivity index (χ2v) is 5.00. The molecule has 0 aliphatic carbocycles. The average Bonchev–Trinajstić information content (AvgIpc) is 3.01. The molecule has 116 valence electrons. The fraction of sp³-hybridized carbons (Fsp3) is 0.312. The van der Waals surface area contributed by atoms with E-state index >= 15 is 0 Å². The quantitative estimate of drug-likeness (QED) is 0.845. The fourth-order valence-corrected chi connectivity index (χ4v) is 2.20. The molecule has 2 rings (SSSR count). The van der Waals surface area contributed by atoms with E-state index in [0.29, 0.717) is 6.54 Å². The van der Waals surface area contributed by atoms with Crippen molar-refractivity contribution in [2.24, 2.45) is 0 Å². The Morgan fingerprint density at radius 3 is 2.55 bits per heavy atom. The van der Waals surface area contributed by atoms with Crippen molar-refractivity contribution in [1.29, 1.82) is 0 Å². The van der Waals surface area contributed by atoms with Gasteiger partial charge in [-0.2, -0.15) is 5.10 Å². The lowest BCUT2D eigenvalue weighted by Gasteiger charge is -2.20. The second-order valence-electron chi connectivity index (χ2n) is 5.00. The Morgan fingerprint density at radius 1 is 1.27 bits per heavy atom. The van der Waals surface area contributed by atoms with Crippen LogP contribution in [0.25, 0.3) is 5.69 Å². The maximum absolute atomic E-state index is 12.2. The number of carboxylic acids is 1. The number of hydrogen-bond donors (Lipinski definition) is 1. The summed E-state index contributed by atoms with van der Waals surface area (Å²) in [6.07, 6.45) is 4.48. The van der Waals surface area contributed by atoms with Crippen LogP contribution in [0.5, 0.6) is 0 Å². The molecule has 0 radical (unpaired) electrons. The van der Waals surface area contributed by atoms with Gasteiger partial charge in [0.05, 0.1) is 12.1 Å². The summed E-state index contributed by atoms with van der Waals surface area (Å²) < 4.78 is 1.74. The minimum atomic E-state index is -0.990. The zero-order valence-corrected chi connectivity index (χ0v) is 12.5. The largest absolute Gasteiger partial charge is 0.480 e. The number of nitrogens with zero attached hydrogens (tertiary/aromatic N) is 3. The molecule has 0 spiro atoms. The zero-order valence-electron chi connectivity index (χ0n) is 12.5. The minimum Gasteiger partial charge on any atom is -0.480 e. The van der Waals surface area contributed by atoms with Crippen molar-refractivity contribution < 1.29 is 14.7 Å². The lowest BCUT2D eigenvalue weighted by Crippen LogP contribution is -2.37. The highest BCUT2D eigenvalue weighted by atomic mass is 16.4. The summed E-state index contributed by atoms with van der Waals surface area (Å²) in [6.45, 7) is 2.12. The van der Waals surface area contributed by atoms with Crippen LogP contribution in [0.15, 0.2) is 42.7 Å². The predicted molar refractivity (Wildman–Crippen MR) is 81.8 cm³/mol. The van der Waals surface area contributed by atoms with Gasteiger partial charge in [0.1, 0.15) is 6.54 Å². The van der Waals surface area contributed by atoms with Crippen LogP contribution >= 0.6 is 0 Å². The van der Waals surface area contributed by atoms with E-state index in [4.69, 9.17) is 5.11 Å². The Bertz CT molecular complexity index is 621. The number of benzene rings is 1. The van der Waals surface area contributed by atoms with Crippen molar-refractivity contribution in [2.45, 2.75) is 19.8 Å². The SMILES string of the molecule is CCCN(CC(=O)O)C(=O)Cc1ccc(-n2cccn2)cc1. The topological polar surface area (TPSA) is 75.4 Å². The molecule has 0 saturated heterocycles. The van der Waals surface area contributed by atoms with Crippen molar-refractivity contribution in [1.82, 2.24) is 14.7 Å². The zero-order chi connectivity index (χ0) is 15.9. The van der Waals surface area contributed by atoms with Gasteiger partial charge in [-0.15, -0.1) is 0 Å². The molecule has 0 saturated carbocycles. The van der Waals surface area contributed by atoms with E-state index in [-0.39, 0.29) is 18.9 Å². The smallest absolute Gasteiger partial charge is 0.323 e. The molecule has 0 fully saturated rings. The number of carbonyl (C=O) groups is 2. The maximum Gasteiger partial charge on any atom is 0.323 e. The van der Waals surface area contributed by atoms with E-state index in [1.54, 1.807) is 10.9 Å². The molecule has 0 atom stereocenters. The van der Waals surface area contributed by atoms with E-state index in [1.807, 2.05) is 43.5 Å². The molecule has 0 bridgehead atoms. The van der Waals surface area contributed by atoms with Crippen molar-refractivity contribution in [2.75, 3.05) is 13.1 Å². The molecule has 6 nitrogen and oxygen atoms in total. The molecule has 0 aliphatic heterocycles. The Hall–Kier alpha value is -2.63. The first-order valence-electron chi connectivity index (χ1n) is 7.18. The van der Waals surface area contributed by atoms with Gasteiger partial charge in [0.15, 0.2) is 0 Å². The molecule has 1 amide bonds. The lowest BCUT2D eigenvalue weighted by atomic mass is 10.1. The van der Waals surface area contributed by atoms with Crippen LogP contribution in [0.3, 0.4) is 0 Å². The van der Waals surface area contributed by atoms with Crippen LogP contribution in [0.1, 0.15) is 18.9 Å². The van der Waals surface area contributed by atoms with E-state index in [2.05, 4.69) is 5.10 Å². The number of carbonyl (C=O) groups excluding carboxylic acids is 1. The first-order valence-corrected chi connectivity index (χ1v) is 7.18. The third kappa shape index (κ3) is 4.18. The monoisotopic (exact) mass is 301 g/mol. The highest BCUT2D eigenvalue weighted by Crippen LogP contribution is 2.10. The summed E-state index contributed by atoms with van der Waals surface area (Å²) in [7, 11) is 0. The average molecular weight is 301 g/mol. The van der Waals surface area contributed by atoms with E-state index in [0.717, 1.165) is 17.7 Å². The highest BCUT2D eigenvalue weighted by molar-refractivity contribution is 5.83. The Balaban J connectivity index is 2.02. The van der Waals surface area contributed by atoms with Gasteiger partial charge in [0, 0.05) is 18.9 Å². The van der Waals surface area contributed by atoms with Gasteiger partial charge in [-0.05, 0) is 30.2 Å². The van der Waals surface area contributed by atoms with Crippen molar-refractivity contribution in [3.63, 3.8) is 0 Å². The van der Waals surface area contributed by atoms with Crippen LogP contribution in [-0.2, 0) is 16.0 Å². The Labute approximate surface area is 129 Å². The molecule has 1 N–H and O–H groups in total. The van der Waals surface area contributed by atoms with Gasteiger partial charge in [-0.3, -0.25) is 9.59 Å². The molecular weight excluding hydrogens is 282 g/mol. The third-order valence-electron chi connectivity index (χ3n) is 3.23. The summed E-state index contributed by atoms with van der Waals surface area (Å²) in [5, 5.41) is 13.0. The Morgan fingerprint density at radius 2 is 2.00 bits per heavy atom. The maximum atomic E-state index is 12.2. The molecule has 0 aliphatic rings. The van der Waals surface area contributed by atoms with Gasteiger partial charge >= 0.3 is 5.97 Å². The van der Waals surface area contributed by atoms with Gasteiger partial charge in [-0.25, -0.2) is 4.68 Å². The van der Waals surface area contributed by atoms with Crippen molar-refractivity contribution in [3.8, 4) is 5.69 Å². The van der Waals surface area contributed by atoms with Crippen LogP contribution < -0.4 is 0 Å². The molecule has 6 heteroatoms. The number of carboxylic acid groups (broad SMARTS) is 1. The van der Waals surface area contributed by atoms with Gasteiger partial charge in [0.25, 0.3) is 0 Å². The summed E-state index contributed by atoms with van der Waals surface area (Å²) in [6, 6.07) is 9.33. The standard InChI is InChI=1S/C16H19N3O3/c1-2-9-18(12-16(21)22)15(20)11-13-4-6-14(7-5-13)19-10-3-8-17-19/h3-8,10H,2,9,11-12H2,1H3,(H,21,22). The molecule has 22 heavy (non-hydrogen) atoms. The lowest BCUT2D eigenvalue weighted by molar-refractivity contribution is -0.144. The molecule has 1 aromatic heterocycles. The van der Waals surface area contributed by atoms with E-state index < -0.39 is 5.97 Å². The summed E-state index contributed by atoms with van der Waals surface area (Å²) >= 11 is 0. The Kier molecular flexibility index (Phi) is 5.30. The number of rotatable bonds is 7. The summed E-state index contributed by atoms with van der Waals surface area (Å²) in [4.78, 5) is 24.4. The van der Waals surface area contributed by atoms with Gasteiger partial charge < -0.3 is 10.0 Å². The highest BCUT2D eigenvalue weighted by Gasteiger charge is 2.16. The predicted octanol–water partition coefficient (Wildman–Crippen LogP) is 1.74. The van der Waals surface area contributed by atoms with E-state index in [1.165, 1.54) is 4.90 Å². The molecule has 1 heterocycles. The number of aliphatic carboxylic acids is 1. The van der Waals surface area contributed by atoms with Crippen LogP contribution in [-0.4, -0.2) is 44.8 Å². The summed E-state index contributed by atoms with van der Waals surface area (Å²) in [5.74, 6) is -1.16. The fourth-order valence-electron chi connectivity index (χ4n) is 2.20. The first kappa shape index (κ1) is 15.8. The number of aromatic nitrogens is 2. The molecular formula is C16H19N3O3. The van der Waals surface area contributed by atoms with Gasteiger partial charge in [-0.1, -0.05) is 19.1 Å². The van der Waals surface area contributed by atoms with Crippen LogP contribution in [0.2, 0.25) is 0 Å². The molecule has 0 unspecified atom stereocenters. The molecule has 2 aromatic rings. The number of hydrogen-bond acceptors (Lipinski definition) is 3. The third-order valence-corrected chi connectivity index (χ3v) is 3.23. The van der Waals surface area contributed by atoms with Crippen molar-refractivity contribution >= 4 is 11.9 Å². The van der Waals surface area contributed by atoms with Crippen LogP contribution in [0.4, 0.5) is 0 Å². The minimum absolute atomic E-state index is 0.170. The van der Waals surface area contributed by atoms with Gasteiger partial charge in [0.2, 0.25) is 5.91 Å². The first-order chi connectivity index (χ1) is 10.6. The summed E-state index contributed by atoms with van der Waals surface area (Å²) in [5.41, 5.74) is 1.77. The normalized spacial score (nSPS) is 10.4. The second kappa shape index (κ2) is 7.40. The van der Waals surface area contributed by atoms with Crippen LogP contribution in [0, 0.1) is 0 Å². The van der Waals surface area contributed by atoms with E-state index in [9.17, 15) is 9.59 Å².